The van der Waals surface area contributed by atoms with Gasteiger partial charge in [-0.1, -0.05) is 35.9 Å². The smallest absolute Gasteiger partial charge is 0.284 e. The van der Waals surface area contributed by atoms with Gasteiger partial charge in [-0.15, -0.1) is 11.3 Å². The maximum absolute atomic E-state index is 13.3. The molecule has 2 aromatic carbocycles. The molecule has 154 valence electrons. The van der Waals surface area contributed by atoms with E-state index in [2.05, 4.69) is 4.98 Å². The van der Waals surface area contributed by atoms with Crippen molar-refractivity contribution in [3.63, 3.8) is 0 Å². The Bertz CT molecular complexity index is 1290. The number of ether oxygens (including phenoxy) is 1. The zero-order chi connectivity index (χ0) is 21.4. The number of rotatable bonds is 4. The molecule has 1 aliphatic heterocycles. The van der Waals surface area contributed by atoms with Crippen LogP contribution in [0.25, 0.3) is 10.9 Å². The SMILES string of the molecule is COc1ccc(C2=NN(C(=O)c3cccs3)[C@@H](c3cc4ccccc4nc3Cl)C2)cc1. The van der Waals surface area contributed by atoms with Crippen LogP contribution in [0.5, 0.6) is 5.75 Å². The number of amides is 1. The van der Waals surface area contributed by atoms with Crippen molar-refractivity contribution in [2.75, 3.05) is 7.11 Å². The number of thiophene rings is 1. The van der Waals surface area contributed by atoms with Crippen LogP contribution in [0.1, 0.15) is 33.3 Å². The predicted molar refractivity (Wildman–Crippen MR) is 124 cm³/mol. The fraction of sp³-hybridized carbons (Fsp3) is 0.125. The summed E-state index contributed by atoms with van der Waals surface area (Å²) in [5.41, 5.74) is 3.37. The molecule has 2 aromatic heterocycles. The van der Waals surface area contributed by atoms with Crippen molar-refractivity contribution in [1.82, 2.24) is 9.99 Å². The number of fused-ring (bicyclic) bond motifs is 1. The first kappa shape index (κ1) is 19.7. The Morgan fingerprint density at radius 3 is 2.68 bits per heavy atom. The number of hydrazone groups is 1. The summed E-state index contributed by atoms with van der Waals surface area (Å²) in [6.45, 7) is 0. The minimum atomic E-state index is -0.337. The van der Waals surface area contributed by atoms with Gasteiger partial charge in [0.15, 0.2) is 0 Å². The van der Waals surface area contributed by atoms with Crippen molar-refractivity contribution in [3.05, 3.63) is 93.3 Å². The molecular weight excluding hydrogens is 430 g/mol. The summed E-state index contributed by atoms with van der Waals surface area (Å²) in [6, 6.07) is 20.8. The second kappa shape index (κ2) is 8.13. The van der Waals surface area contributed by atoms with Crippen molar-refractivity contribution in [1.29, 1.82) is 0 Å². The molecule has 0 aliphatic carbocycles. The molecule has 0 bridgehead atoms. The van der Waals surface area contributed by atoms with Gasteiger partial charge >= 0.3 is 0 Å². The zero-order valence-corrected chi connectivity index (χ0v) is 18.2. The average Bonchev–Trinajstić information content (AvgIpc) is 3.49. The molecule has 5 rings (SSSR count). The van der Waals surface area contributed by atoms with Gasteiger partial charge in [0.1, 0.15) is 10.9 Å². The van der Waals surface area contributed by atoms with E-state index in [0.29, 0.717) is 16.5 Å². The van der Waals surface area contributed by atoms with Gasteiger partial charge < -0.3 is 4.74 Å². The minimum Gasteiger partial charge on any atom is -0.497 e. The van der Waals surface area contributed by atoms with Gasteiger partial charge in [0.25, 0.3) is 5.91 Å². The molecule has 31 heavy (non-hydrogen) atoms. The van der Waals surface area contributed by atoms with Crippen LogP contribution in [0, 0.1) is 0 Å². The highest BCUT2D eigenvalue weighted by Crippen LogP contribution is 2.38. The predicted octanol–water partition coefficient (Wildman–Crippen LogP) is 5.95. The van der Waals surface area contributed by atoms with E-state index in [1.165, 1.54) is 11.3 Å². The Balaban J connectivity index is 1.58. The highest BCUT2D eigenvalue weighted by molar-refractivity contribution is 7.12. The van der Waals surface area contributed by atoms with E-state index in [0.717, 1.165) is 33.5 Å². The Kier molecular flexibility index (Phi) is 5.18. The van der Waals surface area contributed by atoms with Crippen LogP contribution < -0.4 is 4.74 Å². The van der Waals surface area contributed by atoms with Crippen molar-refractivity contribution >= 4 is 45.5 Å². The van der Waals surface area contributed by atoms with Gasteiger partial charge in [-0.25, -0.2) is 9.99 Å². The third kappa shape index (κ3) is 3.69. The largest absolute Gasteiger partial charge is 0.497 e. The summed E-state index contributed by atoms with van der Waals surface area (Å²) < 4.78 is 5.26. The van der Waals surface area contributed by atoms with Crippen molar-refractivity contribution in [2.45, 2.75) is 12.5 Å². The van der Waals surface area contributed by atoms with Gasteiger partial charge in [-0.3, -0.25) is 4.79 Å². The molecule has 0 spiro atoms. The lowest BCUT2D eigenvalue weighted by Gasteiger charge is -2.22. The minimum absolute atomic E-state index is 0.146. The fourth-order valence-corrected chi connectivity index (χ4v) is 4.68. The molecule has 0 N–H and O–H groups in total. The monoisotopic (exact) mass is 447 g/mol. The van der Waals surface area contributed by atoms with E-state index in [1.54, 1.807) is 12.1 Å². The molecule has 5 nitrogen and oxygen atoms in total. The number of aromatic nitrogens is 1. The molecule has 1 amide bonds. The number of carbonyl (C=O) groups is 1. The van der Waals surface area contributed by atoms with Crippen LogP contribution >= 0.6 is 22.9 Å². The number of hydrogen-bond acceptors (Lipinski definition) is 5. The van der Waals surface area contributed by atoms with Crippen LogP contribution in [0.15, 0.2) is 77.2 Å². The first-order chi connectivity index (χ1) is 15.1. The maximum atomic E-state index is 13.3. The van der Waals surface area contributed by atoms with E-state index in [1.807, 2.05) is 72.1 Å². The van der Waals surface area contributed by atoms with Crippen molar-refractivity contribution in [3.8, 4) is 5.75 Å². The third-order valence-corrected chi connectivity index (χ3v) is 6.50. The summed E-state index contributed by atoms with van der Waals surface area (Å²) in [5, 5.41) is 9.52. The van der Waals surface area contributed by atoms with Gasteiger partial charge in [0.2, 0.25) is 0 Å². The number of carbonyl (C=O) groups excluding carboxylic acids is 1. The second-order valence-corrected chi connectivity index (χ2v) is 8.49. The zero-order valence-electron chi connectivity index (χ0n) is 16.7. The van der Waals surface area contributed by atoms with Gasteiger partial charge in [-0.05, 0) is 53.4 Å². The van der Waals surface area contributed by atoms with E-state index < -0.39 is 0 Å². The first-order valence-electron chi connectivity index (χ1n) is 9.78. The molecule has 0 saturated carbocycles. The summed E-state index contributed by atoms with van der Waals surface area (Å²) >= 11 is 8.00. The molecule has 4 aromatic rings. The van der Waals surface area contributed by atoms with Crippen LogP contribution in [-0.2, 0) is 0 Å². The van der Waals surface area contributed by atoms with Crippen LogP contribution in [-0.4, -0.2) is 28.7 Å². The fourth-order valence-electron chi connectivity index (χ4n) is 3.75. The summed E-state index contributed by atoms with van der Waals surface area (Å²) in [5.74, 6) is 0.625. The van der Waals surface area contributed by atoms with Gasteiger partial charge in [0, 0.05) is 17.4 Å². The number of hydrogen-bond donors (Lipinski definition) is 0. The molecule has 0 saturated heterocycles. The third-order valence-electron chi connectivity index (χ3n) is 5.34. The normalized spacial score (nSPS) is 15.9. The van der Waals surface area contributed by atoms with Crippen molar-refractivity contribution in [2.24, 2.45) is 5.10 Å². The number of halogens is 1. The van der Waals surface area contributed by atoms with Crippen LogP contribution in [0.4, 0.5) is 0 Å². The van der Waals surface area contributed by atoms with E-state index in [9.17, 15) is 4.79 Å². The summed E-state index contributed by atoms with van der Waals surface area (Å²) in [7, 11) is 1.63. The molecule has 3 heterocycles. The molecule has 1 atom stereocenters. The number of para-hydroxylation sites is 1. The van der Waals surface area contributed by atoms with Crippen LogP contribution in [0.3, 0.4) is 0 Å². The molecule has 0 fully saturated rings. The maximum Gasteiger partial charge on any atom is 0.284 e. The lowest BCUT2D eigenvalue weighted by Crippen LogP contribution is -2.26. The van der Waals surface area contributed by atoms with Gasteiger partial charge in [0.05, 0.1) is 29.3 Å². The second-order valence-electron chi connectivity index (χ2n) is 7.18. The topological polar surface area (TPSA) is 54.8 Å². The highest BCUT2D eigenvalue weighted by Gasteiger charge is 2.35. The first-order valence-corrected chi connectivity index (χ1v) is 11.0. The number of methoxy groups -OCH3 is 1. The standard InChI is InChI=1S/C24H18ClN3O2S/c1-30-17-10-8-15(9-11-17)20-14-21(28(27-20)24(29)22-7-4-12-31-22)18-13-16-5-2-3-6-19(16)26-23(18)25/h2-13,21H,14H2,1H3/t21-/m1/s1. The Labute approximate surface area is 188 Å². The van der Waals surface area contributed by atoms with Crippen molar-refractivity contribution < 1.29 is 9.53 Å². The molecule has 1 aliphatic rings. The van der Waals surface area contributed by atoms with Crippen LogP contribution in [0.2, 0.25) is 5.15 Å². The molecule has 0 radical (unpaired) electrons. The molecule has 0 unspecified atom stereocenters. The van der Waals surface area contributed by atoms with Gasteiger partial charge in [-0.2, -0.15) is 5.10 Å². The summed E-state index contributed by atoms with van der Waals surface area (Å²) in [4.78, 5) is 18.5. The van der Waals surface area contributed by atoms with E-state index in [-0.39, 0.29) is 11.9 Å². The number of nitrogens with zero attached hydrogens (tertiary/aromatic N) is 3. The summed E-state index contributed by atoms with van der Waals surface area (Å²) in [6.07, 6.45) is 0.545. The molecule has 7 heteroatoms. The Hall–Kier alpha value is -3.22. The lowest BCUT2D eigenvalue weighted by molar-refractivity contribution is 0.0716. The molecular formula is C24H18ClN3O2S. The Morgan fingerprint density at radius 1 is 1.13 bits per heavy atom. The number of benzene rings is 2. The Morgan fingerprint density at radius 2 is 1.94 bits per heavy atom. The highest BCUT2D eigenvalue weighted by atomic mass is 35.5. The average molecular weight is 448 g/mol. The lowest BCUT2D eigenvalue weighted by atomic mass is 9.98. The number of pyridine rings is 1. The van der Waals surface area contributed by atoms with E-state index in [4.69, 9.17) is 21.4 Å². The quantitative estimate of drug-likeness (QED) is 0.363. The van der Waals surface area contributed by atoms with E-state index >= 15 is 0 Å².